The van der Waals surface area contributed by atoms with Crippen LogP contribution in [0, 0.1) is 5.82 Å². The number of carbonyl (C=O) groups excluding carboxylic acids is 1. The number of anilines is 1. The van der Waals surface area contributed by atoms with Crippen molar-refractivity contribution in [2.75, 3.05) is 51.4 Å². The number of carbonyl (C=O) groups is 1. The standard InChI is InChI=1S/C39H38ClFN4O7/c1-2-48-31-14-19-45(26-9-7-25(41)8-10-26)39(47)35(31)38(46)43-29-12-11-27(23-28(29)40)52-32-13-15-42-30-24-33(36-37(34(30)32)51-22-21-50-36)49-20-6-18-44-16-4-3-5-17-44/h7-15,19,23-24H,2-6,16-18,20-22H2,1H3,(H,43,46). The Bertz CT molecular complexity index is 2140. The zero-order valence-electron chi connectivity index (χ0n) is 28.7. The summed E-state index contributed by atoms with van der Waals surface area (Å²) in [5, 5.41) is 3.51. The van der Waals surface area contributed by atoms with Crippen molar-refractivity contribution in [3.63, 3.8) is 0 Å². The predicted octanol–water partition coefficient (Wildman–Crippen LogP) is 7.65. The van der Waals surface area contributed by atoms with E-state index in [9.17, 15) is 14.0 Å². The van der Waals surface area contributed by atoms with E-state index in [0.29, 0.717) is 65.2 Å². The third kappa shape index (κ3) is 7.63. The Morgan fingerprint density at radius 3 is 2.50 bits per heavy atom. The highest BCUT2D eigenvalue weighted by molar-refractivity contribution is 6.34. The largest absolute Gasteiger partial charge is 0.493 e. The Morgan fingerprint density at radius 2 is 1.73 bits per heavy atom. The number of nitrogens with zero attached hydrogens (tertiary/aromatic N) is 3. The number of piperidine rings is 1. The average molecular weight is 729 g/mol. The molecule has 4 heterocycles. The van der Waals surface area contributed by atoms with Gasteiger partial charge < -0.3 is 33.9 Å². The quantitative estimate of drug-likeness (QED) is 0.130. The Morgan fingerprint density at radius 1 is 0.942 bits per heavy atom. The molecule has 270 valence electrons. The van der Waals surface area contributed by atoms with Crippen LogP contribution >= 0.6 is 11.6 Å². The smallest absolute Gasteiger partial charge is 0.271 e. The summed E-state index contributed by atoms with van der Waals surface area (Å²) in [4.78, 5) is 34.1. The van der Waals surface area contributed by atoms with Crippen LogP contribution in [0.5, 0.6) is 34.5 Å². The fraction of sp³-hybridized carbons (Fsp3) is 0.308. The lowest BCUT2D eigenvalue weighted by Crippen LogP contribution is -2.31. The zero-order chi connectivity index (χ0) is 36.0. The highest BCUT2D eigenvalue weighted by Crippen LogP contribution is 2.48. The van der Waals surface area contributed by atoms with Gasteiger partial charge in [0.2, 0.25) is 5.75 Å². The van der Waals surface area contributed by atoms with E-state index in [-0.39, 0.29) is 28.6 Å². The molecule has 1 amide bonds. The summed E-state index contributed by atoms with van der Waals surface area (Å²) in [6.45, 7) is 6.53. The first kappa shape index (κ1) is 35.1. The van der Waals surface area contributed by atoms with Gasteiger partial charge in [-0.3, -0.25) is 19.1 Å². The summed E-state index contributed by atoms with van der Waals surface area (Å²) in [5.74, 6) is 1.34. The molecule has 2 aromatic heterocycles. The molecule has 52 heavy (non-hydrogen) atoms. The topological polar surface area (TPSA) is 113 Å². The van der Waals surface area contributed by atoms with Gasteiger partial charge in [0.05, 0.1) is 34.8 Å². The molecule has 0 aliphatic carbocycles. The molecule has 0 bridgehead atoms. The van der Waals surface area contributed by atoms with E-state index in [1.165, 1.54) is 60.4 Å². The highest BCUT2D eigenvalue weighted by Gasteiger charge is 2.26. The van der Waals surface area contributed by atoms with Crippen molar-refractivity contribution >= 4 is 34.1 Å². The molecular weight excluding hydrogens is 691 g/mol. The monoisotopic (exact) mass is 728 g/mol. The summed E-state index contributed by atoms with van der Waals surface area (Å²) < 4.78 is 45.1. The molecule has 1 fully saturated rings. The van der Waals surface area contributed by atoms with Crippen LogP contribution in [0.2, 0.25) is 5.02 Å². The van der Waals surface area contributed by atoms with E-state index in [1.807, 2.05) is 6.07 Å². The van der Waals surface area contributed by atoms with Crippen LogP contribution in [-0.2, 0) is 0 Å². The van der Waals surface area contributed by atoms with Crippen molar-refractivity contribution in [2.45, 2.75) is 32.6 Å². The predicted molar refractivity (Wildman–Crippen MR) is 196 cm³/mol. The van der Waals surface area contributed by atoms with Crippen molar-refractivity contribution in [3.05, 3.63) is 99.8 Å². The molecule has 0 saturated carbocycles. The highest BCUT2D eigenvalue weighted by atomic mass is 35.5. The summed E-state index contributed by atoms with van der Waals surface area (Å²) >= 11 is 6.65. The van der Waals surface area contributed by atoms with Crippen LogP contribution in [-0.4, -0.2) is 66.4 Å². The van der Waals surface area contributed by atoms with E-state index < -0.39 is 17.3 Å². The van der Waals surface area contributed by atoms with Crippen molar-refractivity contribution in [1.29, 1.82) is 0 Å². The lowest BCUT2D eigenvalue weighted by atomic mass is 10.1. The minimum Gasteiger partial charge on any atom is -0.493 e. The third-order valence-corrected chi connectivity index (χ3v) is 9.18. The van der Waals surface area contributed by atoms with Crippen molar-refractivity contribution in [1.82, 2.24) is 14.5 Å². The van der Waals surface area contributed by atoms with Gasteiger partial charge in [-0.1, -0.05) is 18.0 Å². The second kappa shape index (κ2) is 15.9. The van der Waals surface area contributed by atoms with Crippen LogP contribution in [0.4, 0.5) is 10.1 Å². The molecule has 0 radical (unpaired) electrons. The second-order valence-corrected chi connectivity index (χ2v) is 12.8. The number of nitrogens with one attached hydrogen (secondary N) is 1. The molecule has 11 nitrogen and oxygen atoms in total. The Balaban J connectivity index is 1.10. The normalized spacial score (nSPS) is 14.2. The van der Waals surface area contributed by atoms with Crippen molar-refractivity contribution in [3.8, 4) is 40.2 Å². The van der Waals surface area contributed by atoms with Gasteiger partial charge in [-0.05, 0) is 87.8 Å². The van der Waals surface area contributed by atoms with Crippen LogP contribution in [0.3, 0.4) is 0 Å². The van der Waals surface area contributed by atoms with E-state index in [1.54, 1.807) is 37.4 Å². The minimum atomic E-state index is -0.728. The molecule has 7 rings (SSSR count). The number of aromatic nitrogens is 2. The van der Waals surface area contributed by atoms with E-state index in [2.05, 4.69) is 15.2 Å². The van der Waals surface area contributed by atoms with Gasteiger partial charge in [0.1, 0.15) is 41.8 Å². The van der Waals surface area contributed by atoms with Crippen molar-refractivity contribution in [2.24, 2.45) is 0 Å². The Kier molecular flexibility index (Phi) is 10.7. The fourth-order valence-electron chi connectivity index (χ4n) is 6.40. The second-order valence-electron chi connectivity index (χ2n) is 12.4. The van der Waals surface area contributed by atoms with Crippen molar-refractivity contribution < 1.29 is 32.9 Å². The first-order valence-corrected chi connectivity index (χ1v) is 17.8. The molecule has 5 aromatic rings. The molecule has 0 spiro atoms. The number of amides is 1. The average Bonchev–Trinajstić information content (AvgIpc) is 3.15. The molecule has 3 aromatic carbocycles. The molecule has 13 heteroatoms. The number of rotatable bonds is 12. The summed E-state index contributed by atoms with van der Waals surface area (Å²) in [5.41, 5.74) is 0.370. The minimum absolute atomic E-state index is 0.101. The molecule has 0 unspecified atom stereocenters. The number of pyridine rings is 2. The maximum absolute atomic E-state index is 13.6. The van der Waals surface area contributed by atoms with Gasteiger partial charge in [0.15, 0.2) is 11.5 Å². The first-order valence-electron chi connectivity index (χ1n) is 17.4. The van der Waals surface area contributed by atoms with Gasteiger partial charge in [-0.2, -0.15) is 0 Å². The van der Waals surface area contributed by atoms with E-state index in [4.69, 9.17) is 35.3 Å². The molecule has 2 aliphatic heterocycles. The number of benzene rings is 3. The Labute approximate surface area is 304 Å². The van der Waals surface area contributed by atoms with Gasteiger partial charge >= 0.3 is 0 Å². The summed E-state index contributed by atoms with van der Waals surface area (Å²) in [6.07, 6.45) is 7.81. The summed E-state index contributed by atoms with van der Waals surface area (Å²) in [7, 11) is 0. The van der Waals surface area contributed by atoms with E-state index in [0.717, 1.165) is 26.1 Å². The maximum atomic E-state index is 13.6. The lowest BCUT2D eigenvalue weighted by Gasteiger charge is -2.26. The Hall–Kier alpha value is -5.33. The third-order valence-electron chi connectivity index (χ3n) is 8.87. The molecule has 2 aliphatic rings. The SMILES string of the molecule is CCOc1ccn(-c2ccc(F)cc2)c(=O)c1C(=O)Nc1ccc(Oc2ccnc3cc(OCCCN4CCCCC4)c4c(c23)OCCO4)cc1Cl. The first-order chi connectivity index (χ1) is 25.4. The molecule has 1 saturated heterocycles. The number of fused-ring (bicyclic) bond motifs is 3. The number of hydrogen-bond donors (Lipinski definition) is 1. The molecule has 1 N–H and O–H groups in total. The van der Waals surface area contributed by atoms with Gasteiger partial charge in [-0.15, -0.1) is 0 Å². The van der Waals surface area contributed by atoms with Crippen LogP contribution < -0.4 is 34.6 Å². The summed E-state index contributed by atoms with van der Waals surface area (Å²) in [6, 6.07) is 15.2. The van der Waals surface area contributed by atoms with Gasteiger partial charge in [-0.25, -0.2) is 4.39 Å². The zero-order valence-corrected chi connectivity index (χ0v) is 29.4. The number of hydrogen-bond acceptors (Lipinski definition) is 9. The number of ether oxygens (including phenoxy) is 5. The maximum Gasteiger partial charge on any atom is 0.271 e. The van der Waals surface area contributed by atoms with Crippen LogP contribution in [0.1, 0.15) is 43.0 Å². The van der Waals surface area contributed by atoms with Crippen LogP contribution in [0.25, 0.3) is 16.6 Å². The van der Waals surface area contributed by atoms with Gasteiger partial charge in [0, 0.05) is 36.8 Å². The number of halogens is 2. The lowest BCUT2D eigenvalue weighted by molar-refractivity contribution is 0.102. The molecular formula is C39H38ClFN4O7. The van der Waals surface area contributed by atoms with Crippen LogP contribution in [0.15, 0.2) is 77.9 Å². The van der Waals surface area contributed by atoms with E-state index >= 15 is 0 Å². The molecule has 0 atom stereocenters. The van der Waals surface area contributed by atoms with Gasteiger partial charge in [0.25, 0.3) is 11.5 Å². The number of likely N-dealkylation sites (tertiary alicyclic amines) is 1. The fourth-order valence-corrected chi connectivity index (χ4v) is 6.62.